The molecule has 0 spiro atoms. The SMILES string of the molecule is CCOc1cc2ncc(C(N)=O)c(Nc3cccc(CNC(=O)[C@@H](N)c4ccccc4)c3CC)c2cc1OCC.CCOc1cc2ncc(C(N)=O)c(Nc3cccc(CNC(=O)[C@@H]4CCCNC4)c3CC)c2cc1OCC.O=C(O)C(F)(F)F.O=C(O)C(F)(F)F. The van der Waals surface area contributed by atoms with Crippen molar-refractivity contribution in [2.45, 2.75) is 98.7 Å². The van der Waals surface area contributed by atoms with Crippen LogP contribution in [0.3, 0.4) is 0 Å². The first-order valence-corrected chi connectivity index (χ1v) is 29.2. The third-order valence-electron chi connectivity index (χ3n) is 13.9. The van der Waals surface area contributed by atoms with Gasteiger partial charge in [-0.3, -0.25) is 29.1 Å². The molecule has 13 N–H and O–H groups in total. The van der Waals surface area contributed by atoms with E-state index in [1.54, 1.807) is 6.07 Å². The van der Waals surface area contributed by atoms with E-state index in [9.17, 15) is 45.5 Å². The second-order valence-electron chi connectivity index (χ2n) is 20.0. The molecule has 3 heterocycles. The highest BCUT2D eigenvalue weighted by atomic mass is 19.4. The molecule has 7 aromatic rings. The van der Waals surface area contributed by atoms with Gasteiger partial charge in [-0.2, -0.15) is 26.3 Å². The zero-order chi connectivity index (χ0) is 67.9. The minimum absolute atomic E-state index is 0.00226. The number of piperidine rings is 1. The van der Waals surface area contributed by atoms with Crippen molar-refractivity contribution >= 4 is 80.1 Å². The number of anilines is 4. The van der Waals surface area contributed by atoms with Gasteiger partial charge in [0.2, 0.25) is 11.8 Å². The van der Waals surface area contributed by atoms with Gasteiger partial charge < -0.3 is 72.9 Å². The number of primary amides is 2. The van der Waals surface area contributed by atoms with E-state index in [1.165, 1.54) is 12.4 Å². The third kappa shape index (κ3) is 20.0. The number of carboxylic acid groups (broad SMARTS) is 2. The van der Waals surface area contributed by atoms with Crippen LogP contribution in [-0.4, -0.2) is 108 Å². The summed E-state index contributed by atoms with van der Waals surface area (Å²) in [5.74, 6) is -4.63. The number of carboxylic acids is 2. The lowest BCUT2D eigenvalue weighted by atomic mass is 9.98. The molecule has 4 amide bonds. The number of amides is 4. The van der Waals surface area contributed by atoms with E-state index >= 15 is 0 Å². The van der Waals surface area contributed by atoms with Gasteiger partial charge in [0.05, 0.1) is 65.9 Å². The van der Waals surface area contributed by atoms with Crippen LogP contribution in [0.2, 0.25) is 0 Å². The maximum atomic E-state index is 12.8. The summed E-state index contributed by atoms with van der Waals surface area (Å²) in [6, 6.07) is 27.4. The molecule has 1 aliphatic rings. The Labute approximate surface area is 525 Å². The van der Waals surface area contributed by atoms with Gasteiger partial charge >= 0.3 is 24.3 Å². The van der Waals surface area contributed by atoms with Crippen LogP contribution in [-0.2, 0) is 45.1 Å². The molecule has 0 radical (unpaired) electrons. The van der Waals surface area contributed by atoms with Crippen molar-refractivity contribution in [3.8, 4) is 23.0 Å². The maximum Gasteiger partial charge on any atom is 0.490 e. The van der Waals surface area contributed by atoms with Crippen LogP contribution >= 0.6 is 0 Å². The monoisotopic (exact) mass is 1290 g/mol. The van der Waals surface area contributed by atoms with Gasteiger partial charge in [-0.05, 0) is 112 Å². The van der Waals surface area contributed by atoms with Crippen molar-refractivity contribution < 1.29 is 84.3 Å². The molecular weight excluding hydrogens is 1210 g/mol. The number of alkyl halides is 6. The number of ether oxygens (including phenoxy) is 4. The van der Waals surface area contributed by atoms with Gasteiger partial charge in [0.15, 0.2) is 23.0 Å². The van der Waals surface area contributed by atoms with E-state index < -0.39 is 42.1 Å². The number of nitrogens with zero attached hydrogens (tertiary/aromatic N) is 2. The summed E-state index contributed by atoms with van der Waals surface area (Å²) < 4.78 is 86.6. The number of pyridine rings is 2. The summed E-state index contributed by atoms with van der Waals surface area (Å²) in [5.41, 5.74) is 26.9. The first-order valence-electron chi connectivity index (χ1n) is 29.2. The Hall–Kier alpha value is -9.96. The zero-order valence-corrected chi connectivity index (χ0v) is 51.3. The zero-order valence-electron chi connectivity index (χ0n) is 51.3. The Kier molecular flexibility index (Phi) is 27.1. The van der Waals surface area contributed by atoms with Crippen LogP contribution < -0.4 is 62.7 Å². The van der Waals surface area contributed by atoms with E-state index in [4.69, 9.17) is 56.0 Å². The van der Waals surface area contributed by atoms with Crippen molar-refractivity contribution in [3.05, 3.63) is 142 Å². The lowest BCUT2D eigenvalue weighted by molar-refractivity contribution is -0.193. The number of carbonyl (C=O) groups excluding carboxylic acids is 4. The fraction of sp³-hybridized carbons (Fsp3) is 0.344. The fourth-order valence-corrected chi connectivity index (χ4v) is 9.56. The number of aromatic nitrogens is 2. The Morgan fingerprint density at radius 1 is 0.598 bits per heavy atom. The topological polar surface area (TPSA) is 344 Å². The number of halogens is 6. The molecule has 1 saturated heterocycles. The molecule has 1 fully saturated rings. The number of hydrogen-bond donors (Lipinski definition) is 10. The van der Waals surface area contributed by atoms with Crippen LogP contribution in [0.15, 0.2) is 103 Å². The molecule has 8 rings (SSSR count). The first-order chi connectivity index (χ1) is 43.7. The van der Waals surface area contributed by atoms with Crippen LogP contribution in [0.25, 0.3) is 21.8 Å². The molecule has 28 heteroatoms. The van der Waals surface area contributed by atoms with Crippen molar-refractivity contribution in [1.82, 2.24) is 25.9 Å². The molecule has 22 nitrogen and oxygen atoms in total. The molecule has 2 aromatic heterocycles. The average Bonchev–Trinajstić information content (AvgIpc) is 0.825. The fourth-order valence-electron chi connectivity index (χ4n) is 9.56. The Balaban J connectivity index is 0.000000276. The van der Waals surface area contributed by atoms with Crippen LogP contribution in [0, 0.1) is 5.92 Å². The van der Waals surface area contributed by atoms with Crippen molar-refractivity contribution in [1.29, 1.82) is 0 Å². The number of benzene rings is 5. The second kappa shape index (κ2) is 34.3. The maximum absolute atomic E-state index is 12.8. The van der Waals surface area contributed by atoms with E-state index in [0.717, 1.165) is 65.0 Å². The highest BCUT2D eigenvalue weighted by Crippen LogP contribution is 2.40. The van der Waals surface area contributed by atoms with E-state index in [-0.39, 0.29) is 28.9 Å². The van der Waals surface area contributed by atoms with E-state index in [1.807, 2.05) is 120 Å². The molecule has 0 bridgehead atoms. The Bertz CT molecular complexity index is 3680. The van der Waals surface area contributed by atoms with Gasteiger partial charge in [0.1, 0.15) is 6.04 Å². The first kappa shape index (κ1) is 72.8. The Morgan fingerprint density at radius 2 is 1.00 bits per heavy atom. The second-order valence-corrected chi connectivity index (χ2v) is 20.0. The molecule has 2 atom stereocenters. The molecule has 0 unspecified atom stereocenters. The van der Waals surface area contributed by atoms with Gasteiger partial charge in [-0.15, -0.1) is 0 Å². The molecule has 5 aromatic carbocycles. The molecule has 0 saturated carbocycles. The number of hydrogen-bond acceptors (Lipinski definition) is 16. The van der Waals surface area contributed by atoms with Crippen LogP contribution in [0.4, 0.5) is 49.1 Å². The number of nitrogens with two attached hydrogens (primary N) is 3. The van der Waals surface area contributed by atoms with Crippen molar-refractivity contribution in [2.75, 3.05) is 50.2 Å². The van der Waals surface area contributed by atoms with Gasteiger partial charge in [0.25, 0.3) is 11.8 Å². The van der Waals surface area contributed by atoms with E-state index in [0.29, 0.717) is 109 Å². The highest BCUT2D eigenvalue weighted by Gasteiger charge is 2.39. The number of nitrogens with one attached hydrogen (secondary N) is 5. The van der Waals surface area contributed by atoms with Crippen LogP contribution in [0.5, 0.6) is 23.0 Å². The minimum Gasteiger partial charge on any atom is -0.490 e. The smallest absolute Gasteiger partial charge is 0.490 e. The Morgan fingerprint density at radius 3 is 1.36 bits per heavy atom. The van der Waals surface area contributed by atoms with Crippen molar-refractivity contribution in [3.63, 3.8) is 0 Å². The quantitative estimate of drug-likeness (QED) is 0.0266. The number of fused-ring (bicyclic) bond motifs is 2. The van der Waals surface area contributed by atoms with Crippen LogP contribution in [0.1, 0.15) is 109 Å². The van der Waals surface area contributed by atoms with Gasteiger partial charge in [-0.1, -0.05) is 68.4 Å². The summed E-state index contributed by atoms with van der Waals surface area (Å²) >= 11 is 0. The lowest BCUT2D eigenvalue weighted by Gasteiger charge is -2.23. The molecule has 1 aliphatic heterocycles. The molecule has 92 heavy (non-hydrogen) atoms. The molecule has 494 valence electrons. The van der Waals surface area contributed by atoms with Gasteiger partial charge in [-0.25, -0.2) is 9.59 Å². The predicted molar refractivity (Wildman–Crippen MR) is 333 cm³/mol. The number of rotatable bonds is 23. The summed E-state index contributed by atoms with van der Waals surface area (Å²) in [6.07, 6.45) is -3.90. The largest absolute Gasteiger partial charge is 0.490 e. The molecule has 0 aliphatic carbocycles. The highest BCUT2D eigenvalue weighted by molar-refractivity contribution is 6.09. The minimum atomic E-state index is -5.08. The molecular formula is C64H74F6N10O12. The standard InChI is InChI=1S/C31H35N5O4.C29H37N5O4.2C2HF3O2/c1-4-21-20(17-35-31(38)28(32)19-11-8-7-9-12-19)13-10-14-24(21)36-29-22-15-26(39-5-2)27(40-6-3)16-25(22)34-18-23(29)30(33)37;1-4-20-18(16-33-29(36)19-10-8-12-31-15-19)9-7-11-23(20)34-27-21-13-25(37-5-2)26(38-6-3)14-24(21)32-17-22(27)28(30)35;2*3-2(4,5)1(6)7/h7-16,18,28H,4-6,17,32H2,1-3H3,(H2,33,37)(H,34,36)(H,35,38);7,9,11,13-14,17,19,31H,4-6,8,10,12,15-16H2,1-3H3,(H2,30,35)(H,32,34)(H,33,36);2*(H,6,7)/t28-;19-;;/m01../s1. The van der Waals surface area contributed by atoms with Gasteiger partial charge in [0, 0.05) is 66.3 Å². The third-order valence-corrected chi connectivity index (χ3v) is 13.9. The van der Waals surface area contributed by atoms with Crippen molar-refractivity contribution in [2.24, 2.45) is 23.1 Å². The summed E-state index contributed by atoms with van der Waals surface area (Å²) in [5, 5.41) is 31.9. The lowest BCUT2D eigenvalue weighted by Crippen LogP contribution is -2.40. The van der Waals surface area contributed by atoms with E-state index in [2.05, 4.69) is 43.5 Å². The summed E-state index contributed by atoms with van der Waals surface area (Å²) in [7, 11) is 0. The normalized spacial score (nSPS) is 13.0. The average molecular weight is 1290 g/mol. The number of carbonyl (C=O) groups is 6. The summed E-state index contributed by atoms with van der Waals surface area (Å²) in [4.78, 5) is 77.1. The number of aliphatic carboxylic acids is 2. The predicted octanol–water partition coefficient (Wildman–Crippen LogP) is 10.1. The summed E-state index contributed by atoms with van der Waals surface area (Å²) in [6.45, 7) is 16.0.